The molecule has 1 atom stereocenters. The van der Waals surface area contributed by atoms with Gasteiger partial charge in [0.1, 0.15) is 0 Å². The van der Waals surface area contributed by atoms with Crippen LogP contribution < -0.4 is 10.6 Å². The molecule has 2 N–H and O–H groups in total. The molecule has 130 valence electrons. The third kappa shape index (κ3) is 4.31. The number of para-hydroxylation sites is 1. The highest BCUT2D eigenvalue weighted by Crippen LogP contribution is 2.33. The number of likely N-dealkylation sites (N-methyl/N-ethyl adjacent to an activating group) is 1. The molecule has 0 aliphatic heterocycles. The van der Waals surface area contributed by atoms with Crippen LogP contribution in [0.15, 0.2) is 30.5 Å². The zero-order valence-electron chi connectivity index (χ0n) is 13.3. The van der Waals surface area contributed by atoms with Gasteiger partial charge in [-0.1, -0.05) is 24.3 Å². The van der Waals surface area contributed by atoms with Gasteiger partial charge < -0.3 is 10.6 Å². The third-order valence-electron chi connectivity index (χ3n) is 3.30. The van der Waals surface area contributed by atoms with Crippen molar-refractivity contribution in [2.24, 2.45) is 0 Å². The fraction of sp³-hybridized carbons (Fsp3) is 0.400. The molecule has 1 heterocycles. The number of carbonyl (C=O) groups is 1. The van der Waals surface area contributed by atoms with Crippen molar-refractivity contribution in [1.29, 1.82) is 0 Å². The van der Waals surface area contributed by atoms with Gasteiger partial charge in [-0.3, -0.25) is 4.79 Å². The molecule has 1 amide bonds. The number of amides is 1. The first-order valence-electron chi connectivity index (χ1n) is 7.43. The molecular weight excluding hydrogens is 323 g/mol. The molecule has 0 unspecified atom stereocenters. The third-order valence-corrected chi connectivity index (χ3v) is 3.30. The number of nitrogens with zero attached hydrogens (tertiary/aromatic N) is 3. The van der Waals surface area contributed by atoms with Gasteiger partial charge in [-0.05, 0) is 25.6 Å². The van der Waals surface area contributed by atoms with Gasteiger partial charge in [0.25, 0.3) is 5.91 Å². The van der Waals surface area contributed by atoms with Crippen molar-refractivity contribution >= 4 is 5.91 Å². The molecule has 0 fully saturated rings. The highest BCUT2D eigenvalue weighted by atomic mass is 19.4. The first kappa shape index (κ1) is 17.9. The first-order valence-corrected chi connectivity index (χ1v) is 7.43. The quantitative estimate of drug-likeness (QED) is 0.843. The smallest absolute Gasteiger partial charge is 0.349 e. The molecule has 9 heteroatoms. The Morgan fingerprint density at radius 2 is 2.04 bits per heavy atom. The second-order valence-electron chi connectivity index (χ2n) is 5.23. The summed E-state index contributed by atoms with van der Waals surface area (Å²) in [5.74, 6) is -0.490. The van der Waals surface area contributed by atoms with Gasteiger partial charge in [-0.25, -0.2) is 4.68 Å². The summed E-state index contributed by atoms with van der Waals surface area (Å²) in [5, 5.41) is 13.1. The number of nitrogens with one attached hydrogen (secondary N) is 2. The maximum atomic E-state index is 13.0. The Morgan fingerprint density at radius 1 is 1.33 bits per heavy atom. The van der Waals surface area contributed by atoms with E-state index in [-0.39, 0.29) is 17.4 Å². The van der Waals surface area contributed by atoms with Crippen LogP contribution in [0, 0.1) is 0 Å². The number of carbonyl (C=O) groups excluding carboxylic acids is 1. The molecule has 0 aliphatic rings. The van der Waals surface area contributed by atoms with Gasteiger partial charge in [0.2, 0.25) is 0 Å². The van der Waals surface area contributed by atoms with Crippen molar-refractivity contribution in [3.05, 3.63) is 41.7 Å². The average Bonchev–Trinajstić information content (AvgIpc) is 3.02. The number of hydrogen-bond acceptors (Lipinski definition) is 4. The summed E-state index contributed by atoms with van der Waals surface area (Å²) in [6, 6.07) is 5.05. The van der Waals surface area contributed by atoms with E-state index in [0.29, 0.717) is 6.54 Å². The van der Waals surface area contributed by atoms with E-state index < -0.39 is 17.6 Å². The Kier molecular flexibility index (Phi) is 5.55. The zero-order valence-corrected chi connectivity index (χ0v) is 13.3. The van der Waals surface area contributed by atoms with Gasteiger partial charge >= 0.3 is 6.18 Å². The summed E-state index contributed by atoms with van der Waals surface area (Å²) < 4.78 is 40.1. The standard InChI is InChI=1S/C15H18F3N5O/c1-3-19-10(2)8-20-14(24)12-9-23(22-21-12)13-7-5-4-6-11(13)15(16,17)18/h4-7,9-10,19H,3,8H2,1-2H3,(H,20,24)/t10-/m1/s1. The van der Waals surface area contributed by atoms with E-state index in [1.807, 2.05) is 13.8 Å². The number of alkyl halides is 3. The van der Waals surface area contributed by atoms with E-state index in [4.69, 9.17) is 0 Å². The Labute approximate surface area is 137 Å². The van der Waals surface area contributed by atoms with E-state index in [2.05, 4.69) is 20.9 Å². The van der Waals surface area contributed by atoms with E-state index >= 15 is 0 Å². The summed E-state index contributed by atoms with van der Waals surface area (Å²) in [5.41, 5.74) is -1.07. The van der Waals surface area contributed by atoms with Crippen molar-refractivity contribution in [2.75, 3.05) is 13.1 Å². The molecule has 0 radical (unpaired) electrons. The number of benzene rings is 1. The number of halogens is 3. The van der Waals surface area contributed by atoms with Crippen LogP contribution in [0.3, 0.4) is 0 Å². The van der Waals surface area contributed by atoms with E-state index in [1.54, 1.807) is 0 Å². The molecule has 1 aromatic carbocycles. The highest BCUT2D eigenvalue weighted by molar-refractivity contribution is 5.91. The topological polar surface area (TPSA) is 71.8 Å². The summed E-state index contributed by atoms with van der Waals surface area (Å²) in [4.78, 5) is 12.0. The lowest BCUT2D eigenvalue weighted by atomic mass is 10.1. The molecule has 1 aromatic heterocycles. The molecule has 2 rings (SSSR count). The van der Waals surface area contributed by atoms with E-state index in [1.165, 1.54) is 24.4 Å². The van der Waals surface area contributed by atoms with Crippen LogP contribution >= 0.6 is 0 Å². The van der Waals surface area contributed by atoms with Crippen LogP contribution in [-0.2, 0) is 6.18 Å². The Hall–Kier alpha value is -2.42. The molecule has 6 nitrogen and oxygen atoms in total. The number of hydrogen-bond donors (Lipinski definition) is 2. The molecule has 0 saturated carbocycles. The zero-order chi connectivity index (χ0) is 17.7. The molecule has 2 aromatic rings. The van der Waals surface area contributed by atoms with Crippen molar-refractivity contribution in [1.82, 2.24) is 25.6 Å². The van der Waals surface area contributed by atoms with Crippen LogP contribution in [0.1, 0.15) is 29.9 Å². The van der Waals surface area contributed by atoms with Crippen molar-refractivity contribution in [2.45, 2.75) is 26.1 Å². The predicted octanol–water partition coefficient (Wildman–Crippen LogP) is 2.01. The Morgan fingerprint density at radius 3 is 2.71 bits per heavy atom. The minimum absolute atomic E-state index is 0.0457. The molecule has 24 heavy (non-hydrogen) atoms. The summed E-state index contributed by atoms with van der Waals surface area (Å²) in [6.07, 6.45) is -3.34. The predicted molar refractivity (Wildman–Crippen MR) is 81.8 cm³/mol. The van der Waals surface area contributed by atoms with Crippen molar-refractivity contribution < 1.29 is 18.0 Å². The minimum atomic E-state index is -4.52. The van der Waals surface area contributed by atoms with Gasteiger partial charge in [-0.15, -0.1) is 5.10 Å². The van der Waals surface area contributed by atoms with E-state index in [0.717, 1.165) is 17.3 Å². The van der Waals surface area contributed by atoms with Crippen LogP contribution in [0.5, 0.6) is 0 Å². The fourth-order valence-electron chi connectivity index (χ4n) is 2.16. The van der Waals surface area contributed by atoms with Crippen LogP contribution in [-0.4, -0.2) is 40.0 Å². The maximum absolute atomic E-state index is 13.0. The lowest BCUT2D eigenvalue weighted by Gasteiger charge is -2.12. The SMILES string of the molecule is CCN[C@H](C)CNC(=O)c1cn(-c2ccccc2C(F)(F)F)nn1. The van der Waals surface area contributed by atoms with Gasteiger partial charge in [-0.2, -0.15) is 13.2 Å². The lowest BCUT2D eigenvalue weighted by molar-refractivity contribution is -0.137. The van der Waals surface area contributed by atoms with Crippen LogP contribution in [0.2, 0.25) is 0 Å². The van der Waals surface area contributed by atoms with Gasteiger partial charge in [0.05, 0.1) is 17.4 Å². The van der Waals surface area contributed by atoms with Crippen LogP contribution in [0.4, 0.5) is 13.2 Å². The lowest BCUT2D eigenvalue weighted by Crippen LogP contribution is -2.38. The first-order chi connectivity index (χ1) is 11.3. The normalized spacial score (nSPS) is 12.9. The van der Waals surface area contributed by atoms with Gasteiger partial charge in [0.15, 0.2) is 5.69 Å². The maximum Gasteiger partial charge on any atom is 0.418 e. The second-order valence-corrected chi connectivity index (χ2v) is 5.23. The molecular formula is C15H18F3N5O. The minimum Gasteiger partial charge on any atom is -0.349 e. The molecule has 0 aliphatic carbocycles. The molecule has 0 spiro atoms. The molecule has 0 saturated heterocycles. The number of rotatable bonds is 6. The Bertz CT molecular complexity index is 698. The van der Waals surface area contributed by atoms with Crippen molar-refractivity contribution in [3.63, 3.8) is 0 Å². The molecule has 0 bridgehead atoms. The van der Waals surface area contributed by atoms with Crippen molar-refractivity contribution in [3.8, 4) is 5.69 Å². The Balaban J connectivity index is 2.16. The summed E-state index contributed by atoms with van der Waals surface area (Å²) in [6.45, 7) is 4.99. The van der Waals surface area contributed by atoms with Crippen LogP contribution in [0.25, 0.3) is 5.69 Å². The average molecular weight is 341 g/mol. The highest BCUT2D eigenvalue weighted by Gasteiger charge is 2.34. The fourth-order valence-corrected chi connectivity index (χ4v) is 2.16. The monoisotopic (exact) mass is 341 g/mol. The summed E-state index contributed by atoms with van der Waals surface area (Å²) >= 11 is 0. The number of aromatic nitrogens is 3. The largest absolute Gasteiger partial charge is 0.418 e. The van der Waals surface area contributed by atoms with Gasteiger partial charge in [0, 0.05) is 12.6 Å². The van der Waals surface area contributed by atoms with E-state index in [9.17, 15) is 18.0 Å². The summed E-state index contributed by atoms with van der Waals surface area (Å²) in [7, 11) is 0. The second kappa shape index (κ2) is 7.43.